The lowest BCUT2D eigenvalue weighted by Gasteiger charge is -2.32. The van der Waals surface area contributed by atoms with Gasteiger partial charge in [0.05, 0.1) is 11.2 Å². The summed E-state index contributed by atoms with van der Waals surface area (Å²) < 4.78 is 1.90. The van der Waals surface area contributed by atoms with Gasteiger partial charge in [-0.1, -0.05) is 12.1 Å². The zero-order chi connectivity index (χ0) is 17.5. The second kappa shape index (κ2) is 6.01. The molecule has 1 saturated heterocycles. The third kappa shape index (κ3) is 2.47. The third-order valence-electron chi connectivity index (χ3n) is 5.10. The van der Waals surface area contributed by atoms with Gasteiger partial charge in [0.1, 0.15) is 12.1 Å². The van der Waals surface area contributed by atoms with Crippen molar-refractivity contribution in [1.29, 1.82) is 0 Å². The number of rotatable bonds is 2. The number of aromatic nitrogens is 6. The Bertz CT molecular complexity index is 1070. The molecule has 4 heterocycles. The van der Waals surface area contributed by atoms with Crippen LogP contribution in [0.1, 0.15) is 30.3 Å². The van der Waals surface area contributed by atoms with Gasteiger partial charge in [-0.25, -0.2) is 9.97 Å². The Morgan fingerprint density at radius 2 is 1.81 bits per heavy atom. The number of benzene rings is 1. The molecular weight excluding hydrogens is 326 g/mol. The number of piperidine rings is 1. The molecule has 3 aromatic heterocycles. The van der Waals surface area contributed by atoms with Crippen LogP contribution in [0, 0.1) is 6.92 Å². The maximum absolute atomic E-state index is 4.59. The van der Waals surface area contributed by atoms with Gasteiger partial charge in [-0.3, -0.25) is 0 Å². The Morgan fingerprint density at radius 3 is 2.69 bits per heavy atom. The normalized spacial score (nSPS) is 15.8. The lowest BCUT2D eigenvalue weighted by molar-refractivity contribution is 0.475. The Kier molecular flexibility index (Phi) is 3.51. The standard InChI is InChI=1S/C19H19N7/c1-13-6-7-17-22-23-18(26(17)24-13)14-8-10-25(11-9-14)19-15-4-2-3-5-16(15)20-12-21-19/h2-7,12,14H,8-11H2,1H3. The highest BCUT2D eigenvalue weighted by atomic mass is 15.4. The SMILES string of the molecule is Cc1ccc2nnc(C3CCN(c4ncnc5ccccc45)CC3)n2n1. The van der Waals surface area contributed by atoms with Crippen molar-refractivity contribution in [2.24, 2.45) is 0 Å². The van der Waals surface area contributed by atoms with E-state index in [1.165, 1.54) is 0 Å². The molecule has 5 rings (SSSR count). The van der Waals surface area contributed by atoms with E-state index >= 15 is 0 Å². The van der Waals surface area contributed by atoms with Crippen molar-refractivity contribution in [3.63, 3.8) is 0 Å². The fourth-order valence-electron chi connectivity index (χ4n) is 3.74. The summed E-state index contributed by atoms with van der Waals surface area (Å²) in [6.07, 6.45) is 3.67. The Balaban J connectivity index is 1.41. The minimum absolute atomic E-state index is 0.364. The van der Waals surface area contributed by atoms with Crippen molar-refractivity contribution < 1.29 is 0 Å². The number of hydrogen-bond acceptors (Lipinski definition) is 6. The molecule has 7 nitrogen and oxygen atoms in total. The van der Waals surface area contributed by atoms with E-state index in [0.29, 0.717) is 5.92 Å². The first-order valence-electron chi connectivity index (χ1n) is 8.93. The molecule has 1 aliphatic rings. The van der Waals surface area contributed by atoms with Crippen molar-refractivity contribution >= 4 is 22.4 Å². The molecule has 26 heavy (non-hydrogen) atoms. The summed E-state index contributed by atoms with van der Waals surface area (Å²) in [5.41, 5.74) is 2.78. The average Bonchev–Trinajstić information content (AvgIpc) is 3.11. The van der Waals surface area contributed by atoms with Crippen LogP contribution in [0.2, 0.25) is 0 Å². The van der Waals surface area contributed by atoms with Crippen LogP contribution in [-0.4, -0.2) is 42.9 Å². The van der Waals surface area contributed by atoms with Crippen LogP contribution >= 0.6 is 0 Å². The van der Waals surface area contributed by atoms with Gasteiger partial charge >= 0.3 is 0 Å². The Labute approximate surface area is 150 Å². The summed E-state index contributed by atoms with van der Waals surface area (Å²) in [5, 5.41) is 14.4. The number of anilines is 1. The first-order chi connectivity index (χ1) is 12.8. The van der Waals surface area contributed by atoms with Crippen LogP contribution in [-0.2, 0) is 0 Å². The molecule has 0 spiro atoms. The van der Waals surface area contributed by atoms with E-state index in [1.807, 2.05) is 41.8 Å². The molecule has 7 heteroatoms. The first kappa shape index (κ1) is 15.2. The van der Waals surface area contributed by atoms with Gasteiger partial charge in [0.2, 0.25) is 0 Å². The van der Waals surface area contributed by atoms with Crippen LogP contribution < -0.4 is 4.90 Å². The molecule has 1 fully saturated rings. The smallest absolute Gasteiger partial charge is 0.177 e. The summed E-state index contributed by atoms with van der Waals surface area (Å²) in [5.74, 6) is 2.36. The first-order valence-corrected chi connectivity index (χ1v) is 8.93. The monoisotopic (exact) mass is 345 g/mol. The quantitative estimate of drug-likeness (QED) is 0.556. The van der Waals surface area contributed by atoms with Crippen molar-refractivity contribution in [1.82, 2.24) is 29.8 Å². The Hall–Kier alpha value is -3.09. The van der Waals surface area contributed by atoms with E-state index < -0.39 is 0 Å². The largest absolute Gasteiger partial charge is 0.356 e. The van der Waals surface area contributed by atoms with Gasteiger partial charge < -0.3 is 4.90 Å². The molecule has 0 N–H and O–H groups in total. The fraction of sp³-hybridized carbons (Fsp3) is 0.316. The van der Waals surface area contributed by atoms with Crippen molar-refractivity contribution in [3.05, 3.63) is 54.2 Å². The van der Waals surface area contributed by atoms with Gasteiger partial charge in [0.25, 0.3) is 0 Å². The summed E-state index contributed by atoms with van der Waals surface area (Å²) in [7, 11) is 0. The van der Waals surface area contributed by atoms with Crippen LogP contribution in [0.5, 0.6) is 0 Å². The topological polar surface area (TPSA) is 72.1 Å². The lowest BCUT2D eigenvalue weighted by Crippen LogP contribution is -2.34. The molecule has 0 saturated carbocycles. The number of hydrogen-bond donors (Lipinski definition) is 0. The van der Waals surface area contributed by atoms with Gasteiger partial charge in [-0.05, 0) is 44.0 Å². The molecule has 0 unspecified atom stereocenters. The van der Waals surface area contributed by atoms with E-state index in [4.69, 9.17) is 0 Å². The number of aryl methyl sites for hydroxylation is 1. The molecule has 0 bridgehead atoms. The Morgan fingerprint density at radius 1 is 0.962 bits per heavy atom. The van der Waals surface area contributed by atoms with Gasteiger partial charge in [0.15, 0.2) is 11.5 Å². The van der Waals surface area contributed by atoms with E-state index in [-0.39, 0.29) is 0 Å². The summed E-state index contributed by atoms with van der Waals surface area (Å²) in [6.45, 7) is 3.87. The molecule has 4 aromatic rings. The molecule has 130 valence electrons. The summed E-state index contributed by atoms with van der Waals surface area (Å²) in [4.78, 5) is 11.3. The predicted octanol–water partition coefficient (Wildman–Crippen LogP) is 2.76. The summed E-state index contributed by atoms with van der Waals surface area (Å²) in [6, 6.07) is 12.1. The van der Waals surface area contributed by atoms with E-state index in [1.54, 1.807) is 6.33 Å². The molecule has 0 amide bonds. The van der Waals surface area contributed by atoms with Gasteiger partial charge in [0, 0.05) is 24.4 Å². The van der Waals surface area contributed by atoms with E-state index in [0.717, 1.165) is 59.8 Å². The van der Waals surface area contributed by atoms with Gasteiger partial charge in [-0.2, -0.15) is 9.61 Å². The molecular formula is C19H19N7. The zero-order valence-corrected chi connectivity index (χ0v) is 14.6. The van der Waals surface area contributed by atoms with E-state index in [9.17, 15) is 0 Å². The van der Waals surface area contributed by atoms with Crippen LogP contribution in [0.15, 0.2) is 42.7 Å². The number of nitrogens with zero attached hydrogens (tertiary/aromatic N) is 7. The molecule has 0 atom stereocenters. The van der Waals surface area contributed by atoms with Crippen LogP contribution in [0.25, 0.3) is 16.6 Å². The zero-order valence-electron chi connectivity index (χ0n) is 14.6. The highest BCUT2D eigenvalue weighted by molar-refractivity contribution is 5.89. The second-order valence-electron chi connectivity index (χ2n) is 6.78. The van der Waals surface area contributed by atoms with Crippen LogP contribution in [0.4, 0.5) is 5.82 Å². The van der Waals surface area contributed by atoms with Crippen molar-refractivity contribution in [2.45, 2.75) is 25.7 Å². The second-order valence-corrected chi connectivity index (χ2v) is 6.78. The lowest BCUT2D eigenvalue weighted by atomic mass is 9.96. The molecule has 1 aromatic carbocycles. The van der Waals surface area contributed by atoms with E-state index in [2.05, 4.69) is 36.2 Å². The number of para-hydroxylation sites is 1. The van der Waals surface area contributed by atoms with Crippen molar-refractivity contribution in [2.75, 3.05) is 18.0 Å². The van der Waals surface area contributed by atoms with Crippen molar-refractivity contribution in [3.8, 4) is 0 Å². The summed E-state index contributed by atoms with van der Waals surface area (Å²) >= 11 is 0. The van der Waals surface area contributed by atoms with Crippen LogP contribution in [0.3, 0.4) is 0 Å². The molecule has 1 aliphatic heterocycles. The number of fused-ring (bicyclic) bond motifs is 2. The minimum atomic E-state index is 0.364. The predicted molar refractivity (Wildman–Crippen MR) is 99.2 cm³/mol. The maximum Gasteiger partial charge on any atom is 0.177 e. The maximum atomic E-state index is 4.59. The highest BCUT2D eigenvalue weighted by Gasteiger charge is 2.26. The third-order valence-corrected chi connectivity index (χ3v) is 5.10. The molecule has 0 aliphatic carbocycles. The highest BCUT2D eigenvalue weighted by Crippen LogP contribution is 2.31. The fourth-order valence-corrected chi connectivity index (χ4v) is 3.74. The van der Waals surface area contributed by atoms with Gasteiger partial charge in [-0.15, -0.1) is 10.2 Å². The molecule has 0 radical (unpaired) electrons. The minimum Gasteiger partial charge on any atom is -0.356 e. The average molecular weight is 345 g/mol.